The molecule has 2 N–H and O–H groups in total. The predicted octanol–water partition coefficient (Wildman–Crippen LogP) is 5.02. The minimum absolute atomic E-state index is 0.0599. The molecule has 4 aromatic rings. The first kappa shape index (κ1) is 23.8. The maximum Gasteiger partial charge on any atom is 0.273 e. The summed E-state index contributed by atoms with van der Waals surface area (Å²) in [6, 6.07) is 20.3. The molecule has 0 aliphatic carbocycles. The number of aromatic nitrogens is 1. The number of nitrogens with one attached hydrogen (secondary N) is 1. The molecular weight excluding hydrogens is 442 g/mol. The van der Waals surface area contributed by atoms with Crippen LogP contribution in [0.2, 0.25) is 0 Å². The average molecular weight is 470 g/mol. The molecule has 3 aromatic carbocycles. The Kier molecular flexibility index (Phi) is 6.68. The highest BCUT2D eigenvalue weighted by Crippen LogP contribution is 2.32. The fraction of sp³-hybridized carbons (Fsp3) is 0.179. The summed E-state index contributed by atoms with van der Waals surface area (Å²) in [5.41, 5.74) is 3.91. The summed E-state index contributed by atoms with van der Waals surface area (Å²) in [6.07, 6.45) is 0. The quantitative estimate of drug-likeness (QED) is 0.414. The number of pyridine rings is 1. The van der Waals surface area contributed by atoms with Crippen molar-refractivity contribution in [3.05, 3.63) is 95.2 Å². The van der Waals surface area contributed by atoms with Crippen LogP contribution in [-0.4, -0.2) is 41.0 Å². The van der Waals surface area contributed by atoms with Gasteiger partial charge in [-0.2, -0.15) is 0 Å². The Morgan fingerprint density at radius 3 is 2.40 bits per heavy atom. The molecule has 4 rings (SSSR count). The van der Waals surface area contributed by atoms with Crippen molar-refractivity contribution < 1.29 is 19.4 Å². The highest BCUT2D eigenvalue weighted by atomic mass is 16.5. The molecule has 1 heterocycles. The van der Waals surface area contributed by atoms with Gasteiger partial charge < -0.3 is 20.1 Å². The number of hydrogen-bond donors (Lipinski definition) is 2. The number of likely N-dealkylation sites (N-methyl/N-ethyl adjacent to an activating group) is 1. The van der Waals surface area contributed by atoms with E-state index in [0.29, 0.717) is 16.8 Å². The summed E-state index contributed by atoms with van der Waals surface area (Å²) in [5, 5.41) is 14.0. The van der Waals surface area contributed by atoms with Crippen molar-refractivity contribution in [2.24, 2.45) is 0 Å². The van der Waals surface area contributed by atoms with Crippen molar-refractivity contribution in [1.29, 1.82) is 0 Å². The highest BCUT2D eigenvalue weighted by molar-refractivity contribution is 6.02. The van der Waals surface area contributed by atoms with E-state index in [1.54, 1.807) is 25.2 Å². The van der Waals surface area contributed by atoms with Gasteiger partial charge in [-0.05, 0) is 54.8 Å². The van der Waals surface area contributed by atoms with Gasteiger partial charge in [0.1, 0.15) is 11.7 Å². The first-order chi connectivity index (χ1) is 16.8. The van der Waals surface area contributed by atoms with Gasteiger partial charge in [0, 0.05) is 18.1 Å². The molecule has 1 atom stereocenters. The number of amides is 2. The molecule has 0 radical (unpaired) electrons. The smallest absolute Gasteiger partial charge is 0.273 e. The second-order valence-electron chi connectivity index (χ2n) is 8.40. The Bertz CT molecular complexity index is 1400. The van der Waals surface area contributed by atoms with Gasteiger partial charge in [0.15, 0.2) is 11.5 Å². The number of fused-ring (bicyclic) bond motifs is 1. The van der Waals surface area contributed by atoms with Crippen LogP contribution >= 0.6 is 0 Å². The molecule has 1 aromatic heterocycles. The van der Waals surface area contributed by atoms with Crippen molar-refractivity contribution in [1.82, 2.24) is 9.88 Å². The van der Waals surface area contributed by atoms with Gasteiger partial charge in [-0.1, -0.05) is 48.5 Å². The molecule has 0 bridgehead atoms. The van der Waals surface area contributed by atoms with E-state index < -0.39 is 17.9 Å². The maximum atomic E-state index is 13.7. The van der Waals surface area contributed by atoms with E-state index in [-0.39, 0.29) is 17.2 Å². The van der Waals surface area contributed by atoms with Crippen molar-refractivity contribution >= 4 is 28.4 Å². The minimum atomic E-state index is -1.01. The van der Waals surface area contributed by atoms with E-state index in [0.717, 1.165) is 16.5 Å². The van der Waals surface area contributed by atoms with Gasteiger partial charge in [0.05, 0.1) is 12.6 Å². The number of carbonyl (C=O) groups is 2. The first-order valence-electron chi connectivity index (χ1n) is 11.2. The van der Waals surface area contributed by atoms with Crippen LogP contribution in [0.1, 0.15) is 33.2 Å². The summed E-state index contributed by atoms with van der Waals surface area (Å²) in [5.74, 6) is -0.663. The Hall–Kier alpha value is -4.39. The molecule has 0 aliphatic rings. The number of carbonyl (C=O) groups excluding carboxylic acids is 2. The zero-order valence-electron chi connectivity index (χ0n) is 20.1. The molecule has 0 fully saturated rings. The number of hydrogen-bond acceptors (Lipinski definition) is 5. The number of aryl methyl sites for hydroxylation is 2. The molecule has 7 nitrogen and oxygen atoms in total. The Morgan fingerprint density at radius 1 is 0.971 bits per heavy atom. The fourth-order valence-corrected chi connectivity index (χ4v) is 4.10. The minimum Gasteiger partial charge on any atom is -0.504 e. The molecule has 0 saturated carbocycles. The number of ether oxygens (including phenoxy) is 1. The van der Waals surface area contributed by atoms with Crippen LogP contribution in [-0.2, 0) is 4.79 Å². The Labute approximate surface area is 204 Å². The largest absolute Gasteiger partial charge is 0.504 e. The number of para-hydroxylation sites is 2. The SMILES string of the molecule is COc1cc([C@H](C(=O)Nc2c(C)cccc2C)N(C)C(=O)c2ccc3ccccc3n2)ccc1O. The van der Waals surface area contributed by atoms with Gasteiger partial charge in [-0.15, -0.1) is 0 Å². The normalized spacial score (nSPS) is 11.7. The standard InChI is InChI=1S/C28H27N3O4/c1-17-8-7-9-18(2)25(17)30-27(33)26(20-13-15-23(32)24(16-20)35-4)31(3)28(34)22-14-12-19-10-5-6-11-21(19)29-22/h5-16,26,32H,1-4H3,(H,30,33)/t26-/m1/s1. The number of anilines is 1. The van der Waals surface area contributed by atoms with Crippen LogP contribution in [0.4, 0.5) is 5.69 Å². The number of phenolic OH excluding ortho intramolecular Hbond substituents is 1. The second kappa shape index (κ2) is 9.85. The van der Waals surface area contributed by atoms with Crippen LogP contribution in [0, 0.1) is 13.8 Å². The van der Waals surface area contributed by atoms with Crippen LogP contribution in [0.5, 0.6) is 11.5 Å². The summed E-state index contributed by atoms with van der Waals surface area (Å²) in [6.45, 7) is 3.82. The Balaban J connectivity index is 1.75. The lowest BCUT2D eigenvalue weighted by Crippen LogP contribution is -2.39. The molecule has 7 heteroatoms. The van der Waals surface area contributed by atoms with Gasteiger partial charge in [-0.3, -0.25) is 9.59 Å². The van der Waals surface area contributed by atoms with E-state index in [2.05, 4.69) is 10.3 Å². The monoisotopic (exact) mass is 469 g/mol. The Morgan fingerprint density at radius 2 is 1.69 bits per heavy atom. The summed E-state index contributed by atoms with van der Waals surface area (Å²) < 4.78 is 5.25. The number of phenols is 1. The van der Waals surface area contributed by atoms with Crippen LogP contribution in [0.3, 0.4) is 0 Å². The van der Waals surface area contributed by atoms with Crippen molar-refractivity contribution in [2.45, 2.75) is 19.9 Å². The summed E-state index contributed by atoms with van der Waals surface area (Å²) >= 11 is 0. The predicted molar refractivity (Wildman–Crippen MR) is 136 cm³/mol. The molecular formula is C28H27N3O4. The number of benzene rings is 3. The first-order valence-corrected chi connectivity index (χ1v) is 11.2. The summed E-state index contributed by atoms with van der Waals surface area (Å²) in [7, 11) is 2.99. The molecule has 0 unspecified atom stereocenters. The lowest BCUT2D eigenvalue weighted by atomic mass is 10.0. The third-order valence-electron chi connectivity index (χ3n) is 6.02. The summed E-state index contributed by atoms with van der Waals surface area (Å²) in [4.78, 5) is 33.0. The zero-order chi connectivity index (χ0) is 25.1. The molecule has 35 heavy (non-hydrogen) atoms. The van der Waals surface area contributed by atoms with E-state index in [1.807, 2.05) is 62.4 Å². The van der Waals surface area contributed by atoms with Gasteiger partial charge >= 0.3 is 0 Å². The number of rotatable bonds is 6. The average Bonchev–Trinajstić information content (AvgIpc) is 2.86. The van der Waals surface area contributed by atoms with Crippen molar-refractivity contribution in [3.63, 3.8) is 0 Å². The lowest BCUT2D eigenvalue weighted by molar-refractivity contribution is -0.120. The highest BCUT2D eigenvalue weighted by Gasteiger charge is 2.31. The molecule has 2 amide bonds. The number of aromatic hydroxyl groups is 1. The zero-order valence-corrected chi connectivity index (χ0v) is 20.1. The van der Waals surface area contributed by atoms with Gasteiger partial charge in [-0.25, -0.2) is 4.98 Å². The third-order valence-corrected chi connectivity index (χ3v) is 6.02. The van der Waals surface area contributed by atoms with Crippen molar-refractivity contribution in [2.75, 3.05) is 19.5 Å². The van der Waals surface area contributed by atoms with Crippen LogP contribution < -0.4 is 10.1 Å². The molecule has 0 aliphatic heterocycles. The van der Waals surface area contributed by atoms with E-state index in [9.17, 15) is 14.7 Å². The van der Waals surface area contributed by atoms with Crippen LogP contribution in [0.15, 0.2) is 72.8 Å². The molecule has 0 saturated heterocycles. The van der Waals surface area contributed by atoms with Crippen LogP contribution in [0.25, 0.3) is 10.9 Å². The van der Waals surface area contributed by atoms with Gasteiger partial charge in [0.2, 0.25) is 0 Å². The maximum absolute atomic E-state index is 13.7. The van der Waals surface area contributed by atoms with E-state index >= 15 is 0 Å². The fourth-order valence-electron chi connectivity index (χ4n) is 4.10. The number of nitrogens with zero attached hydrogens (tertiary/aromatic N) is 2. The molecule has 178 valence electrons. The van der Waals surface area contributed by atoms with Crippen molar-refractivity contribution in [3.8, 4) is 11.5 Å². The van der Waals surface area contributed by atoms with E-state index in [4.69, 9.17) is 4.74 Å². The second-order valence-corrected chi connectivity index (χ2v) is 8.40. The van der Waals surface area contributed by atoms with E-state index in [1.165, 1.54) is 18.1 Å². The topological polar surface area (TPSA) is 91.8 Å². The van der Waals surface area contributed by atoms with Gasteiger partial charge in [0.25, 0.3) is 11.8 Å². The molecule has 0 spiro atoms. The number of methoxy groups -OCH3 is 1. The lowest BCUT2D eigenvalue weighted by Gasteiger charge is -2.28. The third kappa shape index (κ3) is 4.80.